The molecule has 0 amide bonds. The number of aliphatic hydroxyl groups excluding tert-OH is 1. The average Bonchev–Trinajstić information content (AvgIpc) is 2.99. The van der Waals surface area contributed by atoms with Crippen molar-refractivity contribution >= 4 is 27.8 Å². The molecule has 1 atom stereocenters. The minimum Gasteiger partial charge on any atom is -0.387 e. The molecule has 1 heterocycles. The van der Waals surface area contributed by atoms with E-state index in [-0.39, 0.29) is 0 Å². The SMILES string of the molecule is OC(CNc1ccc2ccccc2c1)c1ccsc1. The molecule has 2 aromatic carbocycles. The molecule has 0 saturated heterocycles. The minimum atomic E-state index is -0.460. The molecule has 0 saturated carbocycles. The highest BCUT2D eigenvalue weighted by Gasteiger charge is 2.07. The van der Waals surface area contributed by atoms with Gasteiger partial charge in [-0.15, -0.1) is 0 Å². The molecular weight excluding hydrogens is 254 g/mol. The Morgan fingerprint density at radius 3 is 2.68 bits per heavy atom. The lowest BCUT2D eigenvalue weighted by Crippen LogP contribution is -2.11. The molecule has 3 rings (SSSR count). The van der Waals surface area contributed by atoms with E-state index in [1.165, 1.54) is 10.8 Å². The van der Waals surface area contributed by atoms with Crippen LogP contribution < -0.4 is 5.32 Å². The number of anilines is 1. The van der Waals surface area contributed by atoms with Crippen LogP contribution in [-0.4, -0.2) is 11.7 Å². The maximum absolute atomic E-state index is 10.0. The van der Waals surface area contributed by atoms with E-state index >= 15 is 0 Å². The van der Waals surface area contributed by atoms with E-state index in [2.05, 4.69) is 29.6 Å². The summed E-state index contributed by atoms with van der Waals surface area (Å²) in [6, 6.07) is 16.5. The molecule has 0 aliphatic carbocycles. The number of aliphatic hydroxyl groups is 1. The van der Waals surface area contributed by atoms with Crippen LogP contribution in [0.25, 0.3) is 10.8 Å². The second kappa shape index (κ2) is 5.43. The molecular formula is C16H15NOS. The Labute approximate surface area is 116 Å². The summed E-state index contributed by atoms with van der Waals surface area (Å²) in [4.78, 5) is 0. The van der Waals surface area contributed by atoms with Crippen LogP contribution in [0.15, 0.2) is 59.3 Å². The van der Waals surface area contributed by atoms with E-state index in [0.717, 1.165) is 11.3 Å². The van der Waals surface area contributed by atoms with E-state index in [1.807, 2.05) is 35.0 Å². The topological polar surface area (TPSA) is 32.3 Å². The number of fused-ring (bicyclic) bond motifs is 1. The van der Waals surface area contributed by atoms with Gasteiger partial charge in [-0.2, -0.15) is 11.3 Å². The molecule has 96 valence electrons. The van der Waals surface area contributed by atoms with Crippen LogP contribution in [0.2, 0.25) is 0 Å². The molecule has 3 heteroatoms. The van der Waals surface area contributed by atoms with Gasteiger partial charge >= 0.3 is 0 Å². The van der Waals surface area contributed by atoms with Gasteiger partial charge in [-0.25, -0.2) is 0 Å². The summed E-state index contributed by atoms with van der Waals surface area (Å²) < 4.78 is 0. The lowest BCUT2D eigenvalue weighted by Gasteiger charge is -2.12. The summed E-state index contributed by atoms with van der Waals surface area (Å²) in [6.45, 7) is 0.523. The summed E-state index contributed by atoms with van der Waals surface area (Å²) in [5.74, 6) is 0. The summed E-state index contributed by atoms with van der Waals surface area (Å²) in [6.07, 6.45) is -0.460. The summed E-state index contributed by atoms with van der Waals surface area (Å²) >= 11 is 1.60. The fraction of sp³-hybridized carbons (Fsp3) is 0.125. The lowest BCUT2D eigenvalue weighted by molar-refractivity contribution is 0.192. The second-order valence-electron chi connectivity index (χ2n) is 4.52. The van der Waals surface area contributed by atoms with Crippen molar-refractivity contribution in [2.24, 2.45) is 0 Å². The van der Waals surface area contributed by atoms with E-state index in [1.54, 1.807) is 11.3 Å². The van der Waals surface area contributed by atoms with Gasteiger partial charge in [0.2, 0.25) is 0 Å². The van der Waals surface area contributed by atoms with E-state index < -0.39 is 6.10 Å². The van der Waals surface area contributed by atoms with Gasteiger partial charge in [0.05, 0.1) is 6.10 Å². The maximum Gasteiger partial charge on any atom is 0.0970 e. The Morgan fingerprint density at radius 2 is 1.89 bits per heavy atom. The number of hydrogen-bond acceptors (Lipinski definition) is 3. The molecule has 0 radical (unpaired) electrons. The molecule has 0 bridgehead atoms. The highest BCUT2D eigenvalue weighted by atomic mass is 32.1. The largest absolute Gasteiger partial charge is 0.387 e. The molecule has 3 aromatic rings. The van der Waals surface area contributed by atoms with Gasteiger partial charge in [0.15, 0.2) is 0 Å². The lowest BCUT2D eigenvalue weighted by atomic mass is 10.1. The van der Waals surface area contributed by atoms with Crippen molar-refractivity contribution in [3.63, 3.8) is 0 Å². The molecule has 2 nitrogen and oxygen atoms in total. The van der Waals surface area contributed by atoms with Crippen molar-refractivity contribution in [1.82, 2.24) is 0 Å². The first kappa shape index (κ1) is 12.2. The van der Waals surface area contributed by atoms with Crippen LogP contribution in [0.4, 0.5) is 5.69 Å². The predicted octanol–water partition coefficient (Wildman–Crippen LogP) is 4.05. The molecule has 0 spiro atoms. The zero-order valence-electron chi connectivity index (χ0n) is 10.4. The summed E-state index contributed by atoms with van der Waals surface area (Å²) in [5, 5.41) is 19.7. The van der Waals surface area contributed by atoms with Gasteiger partial charge in [0.25, 0.3) is 0 Å². The predicted molar refractivity (Wildman–Crippen MR) is 81.7 cm³/mol. The van der Waals surface area contributed by atoms with Crippen molar-refractivity contribution in [3.8, 4) is 0 Å². The highest BCUT2D eigenvalue weighted by molar-refractivity contribution is 7.07. The third-order valence-electron chi connectivity index (χ3n) is 3.18. The van der Waals surface area contributed by atoms with Gasteiger partial charge in [0.1, 0.15) is 0 Å². The Morgan fingerprint density at radius 1 is 1.05 bits per heavy atom. The number of benzene rings is 2. The van der Waals surface area contributed by atoms with Crippen LogP contribution in [0.1, 0.15) is 11.7 Å². The van der Waals surface area contributed by atoms with Crippen molar-refractivity contribution in [3.05, 3.63) is 64.9 Å². The Balaban J connectivity index is 1.71. The fourth-order valence-electron chi connectivity index (χ4n) is 2.10. The molecule has 19 heavy (non-hydrogen) atoms. The smallest absolute Gasteiger partial charge is 0.0970 e. The normalized spacial score (nSPS) is 12.5. The van der Waals surface area contributed by atoms with E-state index in [0.29, 0.717) is 6.54 Å². The average molecular weight is 269 g/mol. The van der Waals surface area contributed by atoms with E-state index in [9.17, 15) is 5.11 Å². The van der Waals surface area contributed by atoms with Crippen LogP contribution in [-0.2, 0) is 0 Å². The molecule has 1 unspecified atom stereocenters. The zero-order valence-corrected chi connectivity index (χ0v) is 11.2. The Hall–Kier alpha value is -1.84. The Kier molecular flexibility index (Phi) is 3.49. The van der Waals surface area contributed by atoms with Gasteiger partial charge in [-0.3, -0.25) is 0 Å². The highest BCUT2D eigenvalue weighted by Crippen LogP contribution is 2.21. The van der Waals surface area contributed by atoms with Crippen LogP contribution in [0.5, 0.6) is 0 Å². The van der Waals surface area contributed by atoms with Gasteiger partial charge in [-0.1, -0.05) is 30.3 Å². The van der Waals surface area contributed by atoms with Gasteiger partial charge in [0, 0.05) is 12.2 Å². The van der Waals surface area contributed by atoms with Gasteiger partial charge < -0.3 is 10.4 Å². The molecule has 1 aromatic heterocycles. The Bertz CT molecular complexity index is 663. The van der Waals surface area contributed by atoms with Crippen LogP contribution in [0, 0.1) is 0 Å². The van der Waals surface area contributed by atoms with Crippen molar-refractivity contribution in [1.29, 1.82) is 0 Å². The van der Waals surface area contributed by atoms with Gasteiger partial charge in [-0.05, 0) is 45.3 Å². The number of nitrogens with one attached hydrogen (secondary N) is 1. The first-order valence-electron chi connectivity index (χ1n) is 6.26. The number of hydrogen-bond donors (Lipinski definition) is 2. The van der Waals surface area contributed by atoms with Crippen LogP contribution >= 0.6 is 11.3 Å². The third-order valence-corrected chi connectivity index (χ3v) is 3.88. The zero-order chi connectivity index (χ0) is 13.1. The number of rotatable bonds is 4. The standard InChI is InChI=1S/C16H15NOS/c18-16(14-7-8-19-11-14)10-17-15-6-5-12-3-1-2-4-13(12)9-15/h1-9,11,16-18H,10H2. The van der Waals surface area contributed by atoms with Crippen LogP contribution in [0.3, 0.4) is 0 Å². The quantitative estimate of drug-likeness (QED) is 0.749. The monoisotopic (exact) mass is 269 g/mol. The van der Waals surface area contributed by atoms with Crippen molar-refractivity contribution in [2.75, 3.05) is 11.9 Å². The summed E-state index contributed by atoms with van der Waals surface area (Å²) in [5.41, 5.74) is 2.01. The molecule has 2 N–H and O–H groups in total. The number of thiophene rings is 1. The summed E-state index contributed by atoms with van der Waals surface area (Å²) in [7, 11) is 0. The first-order chi connectivity index (χ1) is 9.33. The second-order valence-corrected chi connectivity index (χ2v) is 5.30. The first-order valence-corrected chi connectivity index (χ1v) is 7.20. The molecule has 0 aliphatic heterocycles. The molecule has 0 aliphatic rings. The third kappa shape index (κ3) is 2.78. The molecule has 0 fully saturated rings. The van der Waals surface area contributed by atoms with E-state index in [4.69, 9.17) is 0 Å². The maximum atomic E-state index is 10.0. The fourth-order valence-corrected chi connectivity index (χ4v) is 2.80. The minimum absolute atomic E-state index is 0.460. The van der Waals surface area contributed by atoms with Crippen molar-refractivity contribution < 1.29 is 5.11 Å². The van der Waals surface area contributed by atoms with Crippen molar-refractivity contribution in [2.45, 2.75) is 6.10 Å².